The fourth-order valence-electron chi connectivity index (χ4n) is 2.31. The normalized spacial score (nSPS) is 11.9. The van der Waals surface area contributed by atoms with E-state index < -0.39 is 0 Å². The number of benzene rings is 2. The van der Waals surface area contributed by atoms with E-state index in [1.807, 2.05) is 54.6 Å². The molecule has 1 unspecified atom stereocenters. The Morgan fingerprint density at radius 1 is 1.09 bits per heavy atom. The van der Waals surface area contributed by atoms with Gasteiger partial charge in [-0.1, -0.05) is 54.6 Å². The van der Waals surface area contributed by atoms with Crippen molar-refractivity contribution in [2.75, 3.05) is 7.11 Å². The molecule has 0 aliphatic rings. The Labute approximate surface area is 131 Å². The van der Waals surface area contributed by atoms with Crippen molar-refractivity contribution in [3.63, 3.8) is 0 Å². The first kappa shape index (κ1) is 16.2. The first-order valence-electron chi connectivity index (χ1n) is 7.33. The predicted octanol–water partition coefficient (Wildman–Crippen LogP) is 2.54. The average molecular weight is 298 g/mol. The monoisotopic (exact) mass is 298 g/mol. The molecule has 0 spiro atoms. The van der Waals surface area contributed by atoms with E-state index in [0.717, 1.165) is 16.7 Å². The molecule has 0 aliphatic carbocycles. The first-order valence-corrected chi connectivity index (χ1v) is 7.33. The van der Waals surface area contributed by atoms with Crippen molar-refractivity contribution in [3.05, 3.63) is 71.3 Å². The third-order valence-corrected chi connectivity index (χ3v) is 3.53. The number of nitrogens with one attached hydrogen (secondary N) is 1. The molecule has 3 N–H and O–H groups in total. The molecule has 2 aromatic carbocycles. The second kappa shape index (κ2) is 8.32. The maximum absolute atomic E-state index is 12.0. The summed E-state index contributed by atoms with van der Waals surface area (Å²) < 4.78 is 5.17. The van der Waals surface area contributed by atoms with Crippen LogP contribution in [0, 0.1) is 0 Å². The van der Waals surface area contributed by atoms with E-state index in [1.54, 1.807) is 7.11 Å². The second-order valence-electron chi connectivity index (χ2n) is 5.20. The van der Waals surface area contributed by atoms with Crippen LogP contribution >= 0.6 is 0 Å². The van der Waals surface area contributed by atoms with E-state index in [0.29, 0.717) is 13.2 Å². The number of rotatable bonds is 7. The fraction of sp³-hybridized carbons (Fsp3) is 0.278. The van der Waals surface area contributed by atoms with Gasteiger partial charge in [0.1, 0.15) is 0 Å². The summed E-state index contributed by atoms with van der Waals surface area (Å²) >= 11 is 0. The third-order valence-electron chi connectivity index (χ3n) is 3.53. The third kappa shape index (κ3) is 4.69. The van der Waals surface area contributed by atoms with E-state index in [9.17, 15) is 4.79 Å². The summed E-state index contributed by atoms with van der Waals surface area (Å²) in [6.45, 7) is 1.02. The Bertz CT molecular complexity index is 599. The zero-order valence-corrected chi connectivity index (χ0v) is 12.8. The summed E-state index contributed by atoms with van der Waals surface area (Å²) in [5.74, 6) is -0.0522. The number of methoxy groups -OCH3 is 1. The minimum absolute atomic E-state index is 0.0522. The predicted molar refractivity (Wildman–Crippen MR) is 87.0 cm³/mol. The quantitative estimate of drug-likeness (QED) is 0.825. The summed E-state index contributed by atoms with van der Waals surface area (Å²) in [7, 11) is 1.66. The molecule has 0 aliphatic heterocycles. The Hall–Kier alpha value is -2.17. The maximum atomic E-state index is 12.0. The molecule has 4 heteroatoms. The number of carbonyl (C=O) groups is 1. The fourth-order valence-corrected chi connectivity index (χ4v) is 2.31. The lowest BCUT2D eigenvalue weighted by atomic mass is 10.0. The molecule has 2 rings (SSSR count). The van der Waals surface area contributed by atoms with Gasteiger partial charge in [-0.2, -0.15) is 0 Å². The summed E-state index contributed by atoms with van der Waals surface area (Å²) in [6, 6.07) is 17.3. The molecule has 0 radical (unpaired) electrons. The molecule has 116 valence electrons. The lowest BCUT2D eigenvalue weighted by molar-refractivity contribution is -0.121. The van der Waals surface area contributed by atoms with Crippen molar-refractivity contribution in [2.45, 2.75) is 25.6 Å². The highest BCUT2D eigenvalue weighted by atomic mass is 16.5. The molecule has 2 aromatic rings. The second-order valence-corrected chi connectivity index (χ2v) is 5.20. The van der Waals surface area contributed by atoms with Gasteiger partial charge in [0.05, 0.1) is 6.61 Å². The molecule has 0 aromatic heterocycles. The van der Waals surface area contributed by atoms with Crippen LogP contribution in [0.1, 0.15) is 29.2 Å². The van der Waals surface area contributed by atoms with Crippen LogP contribution in [0.5, 0.6) is 0 Å². The summed E-state index contributed by atoms with van der Waals surface area (Å²) in [6.07, 6.45) is 0.274. The van der Waals surface area contributed by atoms with Crippen LogP contribution in [0.2, 0.25) is 0 Å². The van der Waals surface area contributed by atoms with Crippen molar-refractivity contribution in [1.82, 2.24) is 5.32 Å². The Morgan fingerprint density at radius 3 is 2.41 bits per heavy atom. The molecular formula is C18H22N2O2. The molecule has 1 amide bonds. The Morgan fingerprint density at radius 2 is 1.73 bits per heavy atom. The van der Waals surface area contributed by atoms with Gasteiger partial charge in [0.2, 0.25) is 5.91 Å². The largest absolute Gasteiger partial charge is 0.380 e. The zero-order chi connectivity index (χ0) is 15.8. The highest BCUT2D eigenvalue weighted by Crippen LogP contribution is 2.14. The zero-order valence-electron chi connectivity index (χ0n) is 12.8. The van der Waals surface area contributed by atoms with E-state index in [1.165, 1.54) is 0 Å². The number of nitrogens with two attached hydrogens (primary N) is 1. The highest BCUT2D eigenvalue weighted by Gasteiger charge is 2.11. The van der Waals surface area contributed by atoms with Crippen molar-refractivity contribution in [2.24, 2.45) is 5.73 Å². The van der Waals surface area contributed by atoms with Gasteiger partial charge in [0.25, 0.3) is 0 Å². The van der Waals surface area contributed by atoms with E-state index in [4.69, 9.17) is 10.5 Å². The molecule has 22 heavy (non-hydrogen) atoms. The molecule has 0 fully saturated rings. The lowest BCUT2D eigenvalue weighted by Gasteiger charge is -2.13. The smallest absolute Gasteiger partial charge is 0.222 e. The maximum Gasteiger partial charge on any atom is 0.222 e. The van der Waals surface area contributed by atoms with Crippen LogP contribution in [0.25, 0.3) is 0 Å². The van der Waals surface area contributed by atoms with Gasteiger partial charge in [0, 0.05) is 26.1 Å². The number of carbonyl (C=O) groups excluding carboxylic acids is 1. The highest BCUT2D eigenvalue weighted by molar-refractivity contribution is 5.76. The van der Waals surface area contributed by atoms with Crippen molar-refractivity contribution in [1.29, 1.82) is 0 Å². The van der Waals surface area contributed by atoms with Crippen LogP contribution in [0.15, 0.2) is 54.6 Å². The van der Waals surface area contributed by atoms with Gasteiger partial charge < -0.3 is 15.8 Å². The van der Waals surface area contributed by atoms with E-state index >= 15 is 0 Å². The Balaban J connectivity index is 1.88. The van der Waals surface area contributed by atoms with Crippen molar-refractivity contribution < 1.29 is 9.53 Å². The van der Waals surface area contributed by atoms with Crippen LogP contribution in [-0.2, 0) is 22.7 Å². The Kier molecular flexibility index (Phi) is 6.13. The van der Waals surface area contributed by atoms with Crippen molar-refractivity contribution >= 4 is 5.91 Å². The van der Waals surface area contributed by atoms with Gasteiger partial charge in [-0.05, 0) is 16.7 Å². The van der Waals surface area contributed by atoms with Gasteiger partial charge in [-0.3, -0.25) is 4.79 Å². The first-order chi connectivity index (χ1) is 10.7. The van der Waals surface area contributed by atoms with Crippen LogP contribution in [0.3, 0.4) is 0 Å². The number of ether oxygens (including phenoxy) is 1. The average Bonchev–Trinajstić information content (AvgIpc) is 2.55. The van der Waals surface area contributed by atoms with Gasteiger partial charge in [-0.25, -0.2) is 0 Å². The topological polar surface area (TPSA) is 64.3 Å². The van der Waals surface area contributed by atoms with Crippen molar-refractivity contribution in [3.8, 4) is 0 Å². The minimum atomic E-state index is -0.282. The molecule has 0 saturated carbocycles. The van der Waals surface area contributed by atoms with Gasteiger partial charge in [0.15, 0.2) is 0 Å². The molecular weight excluding hydrogens is 276 g/mol. The number of hydrogen-bond donors (Lipinski definition) is 2. The molecule has 4 nitrogen and oxygen atoms in total. The van der Waals surface area contributed by atoms with Gasteiger partial charge >= 0.3 is 0 Å². The van der Waals surface area contributed by atoms with Gasteiger partial charge in [-0.15, -0.1) is 0 Å². The van der Waals surface area contributed by atoms with E-state index in [2.05, 4.69) is 5.32 Å². The summed E-state index contributed by atoms with van der Waals surface area (Å²) in [5.41, 5.74) is 9.17. The molecule has 0 saturated heterocycles. The molecule has 0 heterocycles. The standard InChI is InChI=1S/C18H22N2O2/c1-22-13-16-10-6-5-9-15(16)12-20-18(21)11-17(19)14-7-3-2-4-8-14/h2-10,17H,11-13,19H2,1H3,(H,20,21). The summed E-state index contributed by atoms with van der Waals surface area (Å²) in [4.78, 5) is 12.0. The van der Waals surface area contributed by atoms with Crippen LogP contribution in [-0.4, -0.2) is 13.0 Å². The SMILES string of the molecule is COCc1ccccc1CNC(=O)CC(N)c1ccccc1. The minimum Gasteiger partial charge on any atom is -0.380 e. The van der Waals surface area contributed by atoms with Crippen LogP contribution in [0.4, 0.5) is 0 Å². The lowest BCUT2D eigenvalue weighted by Crippen LogP contribution is -2.27. The number of amides is 1. The van der Waals surface area contributed by atoms with E-state index in [-0.39, 0.29) is 18.4 Å². The van der Waals surface area contributed by atoms with Crippen LogP contribution < -0.4 is 11.1 Å². The molecule has 0 bridgehead atoms. The molecule has 1 atom stereocenters. The summed E-state index contributed by atoms with van der Waals surface area (Å²) in [5, 5.41) is 2.92. The number of hydrogen-bond acceptors (Lipinski definition) is 3.